The number of carbonyl (C=O) groups is 2. The SMILES string of the molecule is CC(=O)c1ccc(NC(=S)Nc2cccc(SC(C)C(=O)Nc3ccc4ccccc4c3)c2)cc1. The lowest BCUT2D eigenvalue weighted by Gasteiger charge is -2.14. The average molecular weight is 500 g/mol. The highest BCUT2D eigenvalue weighted by Gasteiger charge is 2.15. The fourth-order valence-electron chi connectivity index (χ4n) is 3.50. The van der Waals surface area contributed by atoms with Crippen molar-refractivity contribution in [1.29, 1.82) is 0 Å². The molecule has 35 heavy (non-hydrogen) atoms. The van der Waals surface area contributed by atoms with Gasteiger partial charge in [0, 0.05) is 27.5 Å². The maximum Gasteiger partial charge on any atom is 0.237 e. The molecule has 0 heterocycles. The van der Waals surface area contributed by atoms with Crippen LogP contribution in [0.2, 0.25) is 0 Å². The molecule has 0 aromatic heterocycles. The van der Waals surface area contributed by atoms with Gasteiger partial charge in [-0.3, -0.25) is 9.59 Å². The topological polar surface area (TPSA) is 70.2 Å². The molecule has 3 N–H and O–H groups in total. The third-order valence-corrected chi connectivity index (χ3v) is 6.64. The molecule has 4 aromatic carbocycles. The van der Waals surface area contributed by atoms with Crippen molar-refractivity contribution in [2.45, 2.75) is 24.0 Å². The zero-order valence-corrected chi connectivity index (χ0v) is 21.0. The summed E-state index contributed by atoms with van der Waals surface area (Å²) < 4.78 is 0. The van der Waals surface area contributed by atoms with E-state index in [9.17, 15) is 9.59 Å². The van der Waals surface area contributed by atoms with Gasteiger partial charge in [-0.1, -0.05) is 36.4 Å². The number of thioether (sulfide) groups is 1. The summed E-state index contributed by atoms with van der Waals surface area (Å²) in [5.74, 6) is -0.0402. The summed E-state index contributed by atoms with van der Waals surface area (Å²) in [4.78, 5) is 25.2. The number of thiocarbonyl (C=S) groups is 1. The first kappa shape index (κ1) is 24.4. The van der Waals surface area contributed by atoms with Gasteiger partial charge < -0.3 is 16.0 Å². The van der Waals surface area contributed by atoms with Gasteiger partial charge in [0.05, 0.1) is 5.25 Å². The van der Waals surface area contributed by atoms with Crippen molar-refractivity contribution >= 4 is 68.6 Å². The number of nitrogens with one attached hydrogen (secondary N) is 3. The highest BCUT2D eigenvalue weighted by Crippen LogP contribution is 2.27. The van der Waals surface area contributed by atoms with E-state index < -0.39 is 0 Å². The van der Waals surface area contributed by atoms with E-state index in [0.29, 0.717) is 10.7 Å². The van der Waals surface area contributed by atoms with E-state index in [1.807, 2.05) is 85.8 Å². The Balaban J connectivity index is 1.33. The zero-order chi connectivity index (χ0) is 24.8. The molecule has 0 radical (unpaired) electrons. The molecule has 0 aliphatic rings. The molecule has 0 saturated carbocycles. The van der Waals surface area contributed by atoms with Gasteiger partial charge in [-0.2, -0.15) is 0 Å². The molecule has 1 atom stereocenters. The summed E-state index contributed by atoms with van der Waals surface area (Å²) >= 11 is 6.90. The Morgan fingerprint density at radius 2 is 1.40 bits per heavy atom. The summed E-state index contributed by atoms with van der Waals surface area (Å²) in [7, 11) is 0. The van der Waals surface area contributed by atoms with Crippen molar-refractivity contribution in [3.63, 3.8) is 0 Å². The Labute approximate surface area is 214 Å². The van der Waals surface area contributed by atoms with E-state index in [1.165, 1.54) is 18.7 Å². The highest BCUT2D eigenvalue weighted by molar-refractivity contribution is 8.00. The maximum absolute atomic E-state index is 12.8. The molecule has 4 aromatic rings. The summed E-state index contributed by atoms with van der Waals surface area (Å²) in [5.41, 5.74) is 3.04. The van der Waals surface area contributed by atoms with Gasteiger partial charge in [0.15, 0.2) is 10.9 Å². The fourth-order valence-corrected chi connectivity index (χ4v) is 4.66. The van der Waals surface area contributed by atoms with Crippen LogP contribution in [-0.4, -0.2) is 22.1 Å². The molecule has 1 unspecified atom stereocenters. The van der Waals surface area contributed by atoms with E-state index >= 15 is 0 Å². The second-order valence-corrected chi connectivity index (χ2v) is 9.87. The first-order valence-corrected chi connectivity index (χ1v) is 12.4. The Morgan fingerprint density at radius 3 is 2.14 bits per heavy atom. The Bertz CT molecular complexity index is 1390. The Hall–Kier alpha value is -3.68. The summed E-state index contributed by atoms with van der Waals surface area (Å²) in [6.07, 6.45) is 0. The van der Waals surface area contributed by atoms with Crippen LogP contribution in [0.1, 0.15) is 24.2 Å². The van der Waals surface area contributed by atoms with Gasteiger partial charge in [0.2, 0.25) is 5.91 Å². The monoisotopic (exact) mass is 499 g/mol. The van der Waals surface area contributed by atoms with Crippen molar-refractivity contribution in [2.24, 2.45) is 0 Å². The van der Waals surface area contributed by atoms with Crippen molar-refractivity contribution < 1.29 is 9.59 Å². The second kappa shape index (κ2) is 11.2. The Kier molecular flexibility index (Phi) is 7.80. The van der Waals surface area contributed by atoms with Gasteiger partial charge in [-0.05, 0) is 91.4 Å². The van der Waals surface area contributed by atoms with Gasteiger partial charge in [-0.25, -0.2) is 0 Å². The molecule has 5 nitrogen and oxygen atoms in total. The molecule has 4 rings (SSSR count). The number of carbonyl (C=O) groups excluding carboxylic acids is 2. The van der Waals surface area contributed by atoms with Gasteiger partial charge in [0.25, 0.3) is 0 Å². The standard InChI is InChI=1S/C28H25N3O2S2/c1-18(32)20-10-13-23(14-11-20)30-28(34)31-24-8-5-9-26(17-24)35-19(2)27(33)29-25-15-12-21-6-3-4-7-22(21)16-25/h3-17,19H,1-2H3,(H,29,33)(H2,30,31,34). The number of hydrogen-bond acceptors (Lipinski definition) is 4. The summed E-state index contributed by atoms with van der Waals surface area (Å²) in [6, 6.07) is 28.9. The number of fused-ring (bicyclic) bond motifs is 1. The molecular weight excluding hydrogens is 474 g/mol. The smallest absolute Gasteiger partial charge is 0.237 e. The highest BCUT2D eigenvalue weighted by atomic mass is 32.2. The maximum atomic E-state index is 12.8. The lowest BCUT2D eigenvalue weighted by atomic mass is 10.1. The number of amides is 1. The van der Waals surface area contributed by atoms with Crippen LogP contribution in [0.15, 0.2) is 95.9 Å². The second-order valence-electron chi connectivity index (χ2n) is 8.05. The predicted octanol–water partition coefficient (Wildman–Crippen LogP) is 6.97. The number of hydrogen-bond donors (Lipinski definition) is 3. The zero-order valence-electron chi connectivity index (χ0n) is 19.4. The van der Waals surface area contributed by atoms with E-state index in [1.54, 1.807) is 12.1 Å². The van der Waals surface area contributed by atoms with Crippen molar-refractivity contribution in [2.75, 3.05) is 16.0 Å². The van der Waals surface area contributed by atoms with Gasteiger partial charge >= 0.3 is 0 Å². The van der Waals surface area contributed by atoms with E-state index in [-0.39, 0.29) is 16.9 Å². The van der Waals surface area contributed by atoms with Gasteiger partial charge in [0.1, 0.15) is 0 Å². The third-order valence-electron chi connectivity index (χ3n) is 5.34. The third kappa shape index (κ3) is 6.68. The number of Topliss-reactive ketones (excluding diaryl/α,β-unsaturated/α-hetero) is 1. The molecule has 0 bridgehead atoms. The van der Waals surface area contributed by atoms with Crippen LogP contribution in [0.3, 0.4) is 0 Å². The van der Waals surface area contributed by atoms with Crippen LogP contribution in [0, 0.1) is 0 Å². The lowest BCUT2D eigenvalue weighted by Crippen LogP contribution is -2.22. The quantitative estimate of drug-likeness (QED) is 0.145. The molecule has 0 spiro atoms. The summed E-state index contributed by atoms with van der Waals surface area (Å²) in [6.45, 7) is 3.42. The number of benzene rings is 4. The number of ketones is 1. The molecule has 7 heteroatoms. The number of rotatable bonds is 7. The normalized spacial score (nSPS) is 11.5. The van der Waals surface area contributed by atoms with Crippen LogP contribution < -0.4 is 16.0 Å². The van der Waals surface area contributed by atoms with Crippen LogP contribution in [0.4, 0.5) is 17.1 Å². The van der Waals surface area contributed by atoms with Crippen LogP contribution in [0.25, 0.3) is 10.8 Å². The van der Waals surface area contributed by atoms with Crippen molar-refractivity contribution in [3.05, 3.63) is 96.6 Å². The summed E-state index contributed by atoms with van der Waals surface area (Å²) in [5, 5.41) is 11.7. The van der Waals surface area contributed by atoms with Crippen LogP contribution >= 0.6 is 24.0 Å². The molecule has 0 aliphatic carbocycles. The average Bonchev–Trinajstić information content (AvgIpc) is 2.84. The van der Waals surface area contributed by atoms with Crippen molar-refractivity contribution in [3.8, 4) is 0 Å². The first-order chi connectivity index (χ1) is 16.9. The molecular formula is C28H25N3O2S2. The van der Waals surface area contributed by atoms with E-state index in [2.05, 4.69) is 16.0 Å². The first-order valence-electron chi connectivity index (χ1n) is 11.1. The minimum absolute atomic E-state index is 0.0201. The minimum atomic E-state index is -0.290. The minimum Gasteiger partial charge on any atom is -0.332 e. The van der Waals surface area contributed by atoms with Gasteiger partial charge in [-0.15, -0.1) is 11.8 Å². The number of anilines is 3. The molecule has 176 valence electrons. The van der Waals surface area contributed by atoms with E-state index in [4.69, 9.17) is 12.2 Å². The Morgan fingerprint density at radius 1 is 0.743 bits per heavy atom. The van der Waals surface area contributed by atoms with Crippen molar-refractivity contribution in [1.82, 2.24) is 0 Å². The molecule has 1 amide bonds. The van der Waals surface area contributed by atoms with E-state index in [0.717, 1.165) is 32.7 Å². The fraction of sp³-hybridized carbons (Fsp3) is 0.107. The largest absolute Gasteiger partial charge is 0.332 e. The van der Waals surface area contributed by atoms with Crippen LogP contribution in [0.5, 0.6) is 0 Å². The predicted molar refractivity (Wildman–Crippen MR) is 151 cm³/mol. The molecule has 0 fully saturated rings. The molecule has 0 saturated heterocycles. The molecule has 0 aliphatic heterocycles. The van der Waals surface area contributed by atoms with Crippen LogP contribution in [-0.2, 0) is 4.79 Å². The lowest BCUT2D eigenvalue weighted by molar-refractivity contribution is -0.115.